The molecule has 224 valence electrons. The largest absolute Gasteiger partial charge is 0.493 e. The monoisotopic (exact) mass is 666 g/mol. The van der Waals surface area contributed by atoms with Crippen LogP contribution in [0.25, 0.3) is 0 Å². The third kappa shape index (κ3) is 8.33. The fraction of sp³-hybridized carbons (Fsp3) is 0.226. The van der Waals surface area contributed by atoms with E-state index in [-0.39, 0.29) is 13.2 Å². The highest BCUT2D eigenvalue weighted by Gasteiger charge is 2.32. The Labute approximate surface area is 263 Å². The quantitative estimate of drug-likeness (QED) is 0.107. The number of nitrogens with zero attached hydrogens (tertiary/aromatic N) is 1. The van der Waals surface area contributed by atoms with Crippen LogP contribution < -0.4 is 30.3 Å². The van der Waals surface area contributed by atoms with Gasteiger partial charge in [-0.3, -0.25) is 4.79 Å². The summed E-state index contributed by atoms with van der Waals surface area (Å²) in [7, 11) is 1.55. The van der Waals surface area contributed by atoms with Crippen molar-refractivity contribution in [1.82, 2.24) is 16.1 Å². The molecule has 1 heterocycles. The molecule has 4 rings (SSSR count). The summed E-state index contributed by atoms with van der Waals surface area (Å²) in [5.74, 6) is 0.507. The number of allylic oxidation sites excluding steroid dienone is 1. The normalized spacial score (nSPS) is 14.5. The van der Waals surface area contributed by atoms with Gasteiger partial charge in [-0.15, -0.1) is 0 Å². The molecule has 0 unspecified atom stereocenters. The molecule has 1 aliphatic heterocycles. The topological polar surface area (TPSA) is 120 Å². The van der Waals surface area contributed by atoms with Crippen molar-refractivity contribution in [3.63, 3.8) is 0 Å². The summed E-state index contributed by atoms with van der Waals surface area (Å²) in [6.07, 6.45) is 1.49. The van der Waals surface area contributed by atoms with Crippen molar-refractivity contribution >= 4 is 51.4 Å². The molecule has 1 aliphatic rings. The second-order valence-electron chi connectivity index (χ2n) is 9.22. The second-order valence-corrected chi connectivity index (χ2v) is 10.5. The van der Waals surface area contributed by atoms with Crippen LogP contribution in [0.2, 0.25) is 0 Å². The van der Waals surface area contributed by atoms with Crippen LogP contribution in [0.15, 0.2) is 87.6 Å². The Morgan fingerprint density at radius 2 is 1.81 bits per heavy atom. The molecule has 0 radical (unpaired) electrons. The first-order valence-corrected chi connectivity index (χ1v) is 14.5. The van der Waals surface area contributed by atoms with E-state index in [0.29, 0.717) is 55.8 Å². The lowest BCUT2D eigenvalue weighted by atomic mass is 9.95. The van der Waals surface area contributed by atoms with Crippen molar-refractivity contribution in [2.45, 2.75) is 26.5 Å². The van der Waals surface area contributed by atoms with Crippen LogP contribution in [0.4, 0.5) is 0 Å². The molecule has 12 heteroatoms. The van der Waals surface area contributed by atoms with E-state index < -0.39 is 17.9 Å². The van der Waals surface area contributed by atoms with E-state index in [0.717, 1.165) is 5.56 Å². The lowest BCUT2D eigenvalue weighted by Crippen LogP contribution is -2.45. The van der Waals surface area contributed by atoms with Gasteiger partial charge < -0.3 is 29.6 Å². The molecule has 43 heavy (non-hydrogen) atoms. The number of hydrazone groups is 1. The first-order valence-electron chi connectivity index (χ1n) is 13.3. The maximum Gasteiger partial charge on any atom is 0.338 e. The number of rotatable bonds is 12. The van der Waals surface area contributed by atoms with Crippen LogP contribution in [-0.4, -0.2) is 43.5 Å². The Bertz CT molecular complexity index is 1550. The number of ether oxygens (including phenoxy) is 4. The van der Waals surface area contributed by atoms with Gasteiger partial charge in [0.2, 0.25) is 0 Å². The lowest BCUT2D eigenvalue weighted by molar-refractivity contribution is -0.139. The minimum absolute atomic E-state index is 0.224. The number of thiocarbonyl (C=S) groups is 1. The summed E-state index contributed by atoms with van der Waals surface area (Å²) >= 11 is 8.85. The molecule has 10 nitrogen and oxygen atoms in total. The van der Waals surface area contributed by atoms with E-state index in [1.807, 2.05) is 36.4 Å². The number of methoxy groups -OCH3 is 1. The van der Waals surface area contributed by atoms with Crippen LogP contribution in [0.3, 0.4) is 0 Å². The van der Waals surface area contributed by atoms with Gasteiger partial charge in [-0.1, -0.05) is 48.5 Å². The first-order chi connectivity index (χ1) is 20.8. The first kappa shape index (κ1) is 31.5. The van der Waals surface area contributed by atoms with Crippen molar-refractivity contribution in [2.75, 3.05) is 20.3 Å². The maximum atomic E-state index is 12.7. The van der Waals surface area contributed by atoms with Crippen LogP contribution in [0.5, 0.6) is 17.2 Å². The molecule has 3 aromatic carbocycles. The summed E-state index contributed by atoms with van der Waals surface area (Å²) in [6.45, 7) is 3.77. The Morgan fingerprint density at radius 1 is 1.07 bits per heavy atom. The number of hydrogen-bond donors (Lipinski definition) is 3. The number of para-hydroxylation sites is 1. The number of carbonyl (C=O) groups excluding carboxylic acids is 2. The SMILES string of the molecule is CCOC(=O)C1=C(C)NC(=S)N[C@H]1c1ccccc1OCC(=O)NN=Cc1cc(Br)c(OCc2ccccc2)c(OC)c1. The van der Waals surface area contributed by atoms with Crippen LogP contribution in [0, 0.1) is 0 Å². The van der Waals surface area contributed by atoms with Gasteiger partial charge in [0.05, 0.1) is 36.0 Å². The molecule has 0 fully saturated rings. The molecule has 1 atom stereocenters. The highest BCUT2D eigenvalue weighted by Crippen LogP contribution is 2.37. The predicted octanol–water partition coefficient (Wildman–Crippen LogP) is 4.92. The van der Waals surface area contributed by atoms with Crippen LogP contribution in [0.1, 0.15) is 36.6 Å². The molecule has 3 aromatic rings. The fourth-order valence-electron chi connectivity index (χ4n) is 4.30. The number of halogens is 1. The van der Waals surface area contributed by atoms with E-state index >= 15 is 0 Å². The second kappa shape index (κ2) is 15.2. The smallest absolute Gasteiger partial charge is 0.338 e. The van der Waals surface area contributed by atoms with E-state index in [9.17, 15) is 9.59 Å². The Morgan fingerprint density at radius 3 is 2.56 bits per heavy atom. The highest BCUT2D eigenvalue weighted by molar-refractivity contribution is 9.10. The summed E-state index contributed by atoms with van der Waals surface area (Å²) in [6, 6.07) is 19.8. The molecular weight excluding hydrogens is 636 g/mol. The van der Waals surface area contributed by atoms with E-state index in [4.69, 9.17) is 31.2 Å². The average molecular weight is 668 g/mol. The van der Waals surface area contributed by atoms with Crippen LogP contribution in [-0.2, 0) is 20.9 Å². The molecule has 0 saturated carbocycles. The third-order valence-electron chi connectivity index (χ3n) is 6.23. The van der Waals surface area contributed by atoms with Crippen molar-refractivity contribution in [3.05, 3.63) is 99.2 Å². The van der Waals surface area contributed by atoms with Gasteiger partial charge >= 0.3 is 5.97 Å². The number of esters is 1. The van der Waals surface area contributed by atoms with Gasteiger partial charge in [-0.25, -0.2) is 10.2 Å². The van der Waals surface area contributed by atoms with E-state index in [2.05, 4.69) is 37.1 Å². The standard InChI is InChI=1S/C31H31BrN4O6S/c1-4-40-30(38)27-19(2)34-31(43)35-28(27)22-12-8-9-13-24(22)41-18-26(37)36-33-16-21-14-23(32)29(25(15-21)39-3)42-17-20-10-6-5-7-11-20/h5-16,28H,4,17-18H2,1-3H3,(H,36,37)(H2,34,35,43)/t28-/m0/s1. The highest BCUT2D eigenvalue weighted by atomic mass is 79.9. The average Bonchev–Trinajstić information content (AvgIpc) is 2.99. The zero-order valence-electron chi connectivity index (χ0n) is 23.8. The molecule has 1 amide bonds. The number of benzene rings is 3. The Kier molecular flexibility index (Phi) is 11.1. The van der Waals surface area contributed by atoms with Crippen molar-refractivity contribution < 1.29 is 28.5 Å². The van der Waals surface area contributed by atoms with Crippen molar-refractivity contribution in [3.8, 4) is 17.2 Å². The Hall–Kier alpha value is -4.42. The lowest BCUT2D eigenvalue weighted by Gasteiger charge is -2.30. The number of hydrogen-bond acceptors (Lipinski definition) is 8. The van der Waals surface area contributed by atoms with E-state index in [1.54, 1.807) is 51.3 Å². The fourth-order valence-corrected chi connectivity index (χ4v) is 5.14. The predicted molar refractivity (Wildman–Crippen MR) is 170 cm³/mol. The third-order valence-corrected chi connectivity index (χ3v) is 7.04. The maximum absolute atomic E-state index is 12.7. The molecule has 0 aromatic heterocycles. The van der Waals surface area contributed by atoms with E-state index in [1.165, 1.54) is 6.21 Å². The molecule has 0 aliphatic carbocycles. The van der Waals surface area contributed by atoms with Gasteiger partial charge in [0.25, 0.3) is 5.91 Å². The van der Waals surface area contributed by atoms with Gasteiger partial charge in [0, 0.05) is 11.3 Å². The summed E-state index contributed by atoms with van der Waals surface area (Å²) in [5.41, 5.74) is 5.73. The summed E-state index contributed by atoms with van der Waals surface area (Å²) in [4.78, 5) is 25.3. The van der Waals surface area contributed by atoms with Crippen LogP contribution >= 0.6 is 28.1 Å². The molecule has 0 spiro atoms. The van der Waals surface area contributed by atoms with Crippen molar-refractivity contribution in [2.24, 2.45) is 5.10 Å². The van der Waals surface area contributed by atoms with Gasteiger partial charge in [0.1, 0.15) is 12.4 Å². The van der Waals surface area contributed by atoms with Crippen molar-refractivity contribution in [1.29, 1.82) is 0 Å². The van der Waals surface area contributed by atoms with Gasteiger partial charge in [-0.05, 0) is 71.3 Å². The minimum Gasteiger partial charge on any atom is -0.493 e. The van der Waals surface area contributed by atoms with Gasteiger partial charge in [0.15, 0.2) is 23.2 Å². The minimum atomic E-state index is -0.627. The number of carbonyl (C=O) groups is 2. The number of nitrogens with one attached hydrogen (secondary N) is 3. The number of amides is 1. The zero-order valence-corrected chi connectivity index (χ0v) is 26.2. The molecule has 0 bridgehead atoms. The summed E-state index contributed by atoms with van der Waals surface area (Å²) in [5, 5.41) is 10.5. The Balaban J connectivity index is 1.40. The molecule has 0 saturated heterocycles. The molecular formula is C31H31BrN4O6S. The zero-order chi connectivity index (χ0) is 30.8. The molecule has 3 N–H and O–H groups in total. The van der Waals surface area contributed by atoms with Gasteiger partial charge in [-0.2, -0.15) is 5.10 Å². The summed E-state index contributed by atoms with van der Waals surface area (Å²) < 4.78 is 23.2.